The van der Waals surface area contributed by atoms with E-state index < -0.39 is 5.56 Å². The molecule has 0 aliphatic rings. The summed E-state index contributed by atoms with van der Waals surface area (Å²) in [5.74, 6) is -0.0886. The maximum Gasteiger partial charge on any atom is 0.262 e. The summed E-state index contributed by atoms with van der Waals surface area (Å²) in [5.41, 5.74) is 0.797. The maximum atomic E-state index is 12.2. The smallest absolute Gasteiger partial charge is 0.262 e. The van der Waals surface area contributed by atoms with Crippen molar-refractivity contribution in [2.45, 2.75) is 0 Å². The van der Waals surface area contributed by atoms with Crippen LogP contribution in [-0.2, 0) is 7.05 Å². The summed E-state index contributed by atoms with van der Waals surface area (Å²) in [7, 11) is 1.76. The standard InChI is InChI=1S/C14H11BrN4O2/c1-19-6-5-10(18-19)12-16-13(20)11(14(21)17-12)8-3-2-4-9(15)7-8/h2-7H,1H3,(H2,16,17,20,21). The van der Waals surface area contributed by atoms with Gasteiger partial charge < -0.3 is 10.1 Å². The van der Waals surface area contributed by atoms with E-state index in [4.69, 9.17) is 0 Å². The van der Waals surface area contributed by atoms with E-state index in [1.54, 1.807) is 42.2 Å². The Balaban J connectivity index is 2.15. The van der Waals surface area contributed by atoms with E-state index in [0.717, 1.165) is 4.47 Å². The predicted octanol–water partition coefficient (Wildman–Crippen LogP) is 2.31. The quantitative estimate of drug-likeness (QED) is 0.745. The lowest BCUT2D eigenvalue weighted by Gasteiger charge is -2.05. The number of halogens is 1. The molecule has 0 saturated carbocycles. The second-order valence-corrected chi connectivity index (χ2v) is 5.41. The summed E-state index contributed by atoms with van der Waals surface area (Å²) in [5, 5.41) is 14.2. The average Bonchev–Trinajstić information content (AvgIpc) is 2.85. The minimum atomic E-state index is -0.416. The fourth-order valence-electron chi connectivity index (χ4n) is 2.03. The molecule has 0 atom stereocenters. The van der Waals surface area contributed by atoms with Gasteiger partial charge >= 0.3 is 0 Å². The van der Waals surface area contributed by atoms with Gasteiger partial charge in [0.15, 0.2) is 5.82 Å². The summed E-state index contributed by atoms with van der Waals surface area (Å²) in [6.45, 7) is 0. The van der Waals surface area contributed by atoms with Gasteiger partial charge in [-0.2, -0.15) is 10.1 Å². The molecule has 0 saturated heterocycles. The van der Waals surface area contributed by atoms with Gasteiger partial charge in [0.25, 0.3) is 5.56 Å². The number of aryl methyl sites for hydroxylation is 1. The number of aromatic nitrogens is 4. The highest BCUT2D eigenvalue weighted by Gasteiger charge is 2.15. The molecule has 3 rings (SSSR count). The highest BCUT2D eigenvalue weighted by molar-refractivity contribution is 9.10. The van der Waals surface area contributed by atoms with E-state index in [9.17, 15) is 9.90 Å². The molecule has 2 N–H and O–H groups in total. The number of hydrogen-bond donors (Lipinski definition) is 2. The lowest BCUT2D eigenvalue weighted by atomic mass is 10.1. The molecule has 6 nitrogen and oxygen atoms in total. The molecule has 0 aliphatic carbocycles. The van der Waals surface area contributed by atoms with Gasteiger partial charge in [-0.1, -0.05) is 28.1 Å². The zero-order valence-corrected chi connectivity index (χ0v) is 12.6. The van der Waals surface area contributed by atoms with Crippen molar-refractivity contribution in [2.24, 2.45) is 7.05 Å². The molecule has 0 spiro atoms. The van der Waals surface area contributed by atoms with Crippen molar-refractivity contribution < 1.29 is 5.11 Å². The zero-order chi connectivity index (χ0) is 15.0. The highest BCUT2D eigenvalue weighted by atomic mass is 79.9. The third kappa shape index (κ3) is 2.59. The molecular weight excluding hydrogens is 336 g/mol. The second-order valence-electron chi connectivity index (χ2n) is 4.50. The largest absolute Gasteiger partial charge is 0.493 e. The first-order valence-corrected chi connectivity index (χ1v) is 6.93. The van der Waals surface area contributed by atoms with E-state index in [1.807, 2.05) is 6.07 Å². The van der Waals surface area contributed by atoms with Crippen molar-refractivity contribution >= 4 is 15.9 Å². The third-order valence-electron chi connectivity index (χ3n) is 2.97. The molecule has 106 valence electrons. The normalized spacial score (nSPS) is 10.8. The minimum absolute atomic E-state index is 0.135. The van der Waals surface area contributed by atoms with Crippen LogP contribution in [-0.4, -0.2) is 24.9 Å². The van der Waals surface area contributed by atoms with Crippen LogP contribution in [0.1, 0.15) is 0 Å². The number of benzene rings is 1. The van der Waals surface area contributed by atoms with Crippen molar-refractivity contribution in [1.29, 1.82) is 0 Å². The Labute approximate surface area is 128 Å². The first-order chi connectivity index (χ1) is 10.0. The topological polar surface area (TPSA) is 83.8 Å². The van der Waals surface area contributed by atoms with Crippen molar-refractivity contribution in [3.05, 3.63) is 51.4 Å². The van der Waals surface area contributed by atoms with Gasteiger partial charge in [-0.05, 0) is 23.8 Å². The minimum Gasteiger partial charge on any atom is -0.493 e. The number of aromatic amines is 1. The van der Waals surface area contributed by atoms with Crippen LogP contribution in [0.5, 0.6) is 5.88 Å². The number of aromatic hydroxyl groups is 1. The molecule has 21 heavy (non-hydrogen) atoms. The van der Waals surface area contributed by atoms with Crippen LogP contribution in [0.15, 0.2) is 45.8 Å². The average molecular weight is 347 g/mol. The van der Waals surface area contributed by atoms with E-state index in [0.29, 0.717) is 11.3 Å². The number of rotatable bonds is 2. The van der Waals surface area contributed by atoms with Crippen LogP contribution in [0.3, 0.4) is 0 Å². The summed E-state index contributed by atoms with van der Waals surface area (Å²) in [6, 6.07) is 8.80. The molecule has 2 aromatic heterocycles. The van der Waals surface area contributed by atoms with Gasteiger partial charge in [-0.15, -0.1) is 0 Å². The lowest BCUT2D eigenvalue weighted by molar-refractivity contribution is 0.454. The van der Waals surface area contributed by atoms with Crippen LogP contribution >= 0.6 is 15.9 Å². The van der Waals surface area contributed by atoms with E-state index in [2.05, 4.69) is 31.0 Å². The van der Waals surface area contributed by atoms with Crippen molar-refractivity contribution in [3.8, 4) is 28.5 Å². The Morgan fingerprint density at radius 3 is 2.76 bits per heavy atom. The fraction of sp³-hybridized carbons (Fsp3) is 0.0714. The van der Waals surface area contributed by atoms with Crippen LogP contribution < -0.4 is 5.56 Å². The lowest BCUT2D eigenvalue weighted by Crippen LogP contribution is -2.12. The highest BCUT2D eigenvalue weighted by Crippen LogP contribution is 2.27. The first kappa shape index (κ1) is 13.6. The van der Waals surface area contributed by atoms with E-state index >= 15 is 0 Å². The molecule has 0 radical (unpaired) electrons. The van der Waals surface area contributed by atoms with Gasteiger partial charge in [0.1, 0.15) is 11.3 Å². The Morgan fingerprint density at radius 1 is 1.33 bits per heavy atom. The summed E-state index contributed by atoms with van der Waals surface area (Å²) < 4.78 is 2.40. The van der Waals surface area contributed by atoms with E-state index in [1.165, 1.54) is 0 Å². The Bertz CT molecular complexity index is 869. The maximum absolute atomic E-state index is 12.2. The van der Waals surface area contributed by atoms with Crippen molar-refractivity contribution in [1.82, 2.24) is 19.7 Å². The molecule has 0 aliphatic heterocycles. The monoisotopic (exact) mass is 346 g/mol. The number of nitrogens with zero attached hydrogens (tertiary/aromatic N) is 3. The van der Waals surface area contributed by atoms with Crippen LogP contribution in [0, 0.1) is 0 Å². The van der Waals surface area contributed by atoms with Crippen molar-refractivity contribution in [3.63, 3.8) is 0 Å². The number of hydrogen-bond acceptors (Lipinski definition) is 4. The van der Waals surface area contributed by atoms with Crippen molar-refractivity contribution in [2.75, 3.05) is 0 Å². The SMILES string of the molecule is Cn1ccc(-c2nc(O)c(-c3cccc(Br)c3)c(=O)[nH]2)n1. The van der Waals surface area contributed by atoms with Crippen LogP contribution in [0.4, 0.5) is 0 Å². The Morgan fingerprint density at radius 2 is 2.14 bits per heavy atom. The number of nitrogens with one attached hydrogen (secondary N) is 1. The summed E-state index contributed by atoms with van der Waals surface area (Å²) >= 11 is 3.34. The summed E-state index contributed by atoms with van der Waals surface area (Å²) in [4.78, 5) is 18.9. The molecule has 3 aromatic rings. The Kier molecular flexibility index (Phi) is 3.34. The predicted molar refractivity (Wildman–Crippen MR) is 81.9 cm³/mol. The van der Waals surface area contributed by atoms with Gasteiger partial charge in [0, 0.05) is 17.7 Å². The Hall–Kier alpha value is -2.41. The first-order valence-electron chi connectivity index (χ1n) is 6.14. The van der Waals surface area contributed by atoms with Gasteiger partial charge in [0.05, 0.1) is 0 Å². The van der Waals surface area contributed by atoms with Gasteiger partial charge in [0.2, 0.25) is 5.88 Å². The molecule has 0 amide bonds. The molecule has 7 heteroatoms. The van der Waals surface area contributed by atoms with E-state index in [-0.39, 0.29) is 17.3 Å². The zero-order valence-electron chi connectivity index (χ0n) is 11.0. The molecule has 0 unspecified atom stereocenters. The molecular formula is C14H11BrN4O2. The van der Waals surface area contributed by atoms with Gasteiger partial charge in [-0.25, -0.2) is 0 Å². The molecule has 0 fully saturated rings. The number of H-pyrrole nitrogens is 1. The summed E-state index contributed by atoms with van der Waals surface area (Å²) in [6.07, 6.45) is 1.73. The third-order valence-corrected chi connectivity index (χ3v) is 3.46. The second kappa shape index (κ2) is 5.17. The molecule has 1 aromatic carbocycles. The van der Waals surface area contributed by atoms with Crippen LogP contribution in [0.25, 0.3) is 22.6 Å². The van der Waals surface area contributed by atoms with Crippen LogP contribution in [0.2, 0.25) is 0 Å². The molecule has 2 heterocycles. The molecule has 0 bridgehead atoms. The van der Waals surface area contributed by atoms with Gasteiger partial charge in [-0.3, -0.25) is 9.48 Å². The fourth-order valence-corrected chi connectivity index (χ4v) is 2.43.